The van der Waals surface area contributed by atoms with E-state index >= 15 is 0 Å². The van der Waals surface area contributed by atoms with Crippen LogP contribution in [-0.2, 0) is 0 Å². The monoisotopic (exact) mass is 598 g/mol. The van der Waals surface area contributed by atoms with E-state index < -0.39 is 18.4 Å². The first kappa shape index (κ1) is 27.6. The van der Waals surface area contributed by atoms with Gasteiger partial charge in [0.1, 0.15) is 0 Å². The zero-order valence-electron chi connectivity index (χ0n) is 22.9. The van der Waals surface area contributed by atoms with Gasteiger partial charge in [0.25, 0.3) is 0 Å². The second-order valence-electron chi connectivity index (χ2n) is 10.5. The average Bonchev–Trinajstić information content (AvgIpc) is 2.96. The van der Waals surface area contributed by atoms with Crippen LogP contribution in [0.25, 0.3) is 21.9 Å². The Kier molecular flexibility index (Phi) is 10.0. The molecule has 192 valence electrons. The molecule has 0 saturated carbocycles. The number of hydrogen-bond acceptors (Lipinski definition) is 1. The van der Waals surface area contributed by atoms with Gasteiger partial charge in [-0.05, 0) is 0 Å². The Labute approximate surface area is 228 Å². The standard InChI is InChI=1S/C23H15O.3C4H9.Sn/c24-23(19-12-5-2-6-13-19)22-20-14-8-7-11-18(20)15-16-21(22)17-9-3-1-4-10-17;3*1-3-4-2;/h1-15H;3*1,3-4H2,2H3;. The van der Waals surface area contributed by atoms with Gasteiger partial charge in [-0.15, -0.1) is 0 Å². The van der Waals surface area contributed by atoms with E-state index in [2.05, 4.69) is 81.4 Å². The summed E-state index contributed by atoms with van der Waals surface area (Å²) in [5.41, 5.74) is 4.13. The van der Waals surface area contributed by atoms with Crippen molar-refractivity contribution in [1.29, 1.82) is 0 Å². The minimum absolute atomic E-state index is 0.152. The van der Waals surface area contributed by atoms with Gasteiger partial charge in [0.05, 0.1) is 0 Å². The van der Waals surface area contributed by atoms with Crippen LogP contribution in [0.4, 0.5) is 0 Å². The predicted molar refractivity (Wildman–Crippen MR) is 164 cm³/mol. The summed E-state index contributed by atoms with van der Waals surface area (Å²) in [4.78, 5) is 14.4. The molecule has 0 N–H and O–H groups in total. The second kappa shape index (κ2) is 13.4. The molecule has 1 nitrogen and oxygen atoms in total. The van der Waals surface area contributed by atoms with Crippen LogP contribution >= 0.6 is 0 Å². The number of hydrogen-bond donors (Lipinski definition) is 0. The number of ketones is 1. The molecule has 0 spiro atoms. The fraction of sp³-hybridized carbons (Fsp3) is 0.343. The van der Waals surface area contributed by atoms with E-state index in [1.54, 1.807) is 3.58 Å². The maximum absolute atomic E-state index is 14.4. The average molecular weight is 597 g/mol. The van der Waals surface area contributed by atoms with Crippen LogP contribution in [0.3, 0.4) is 0 Å². The molecule has 2 heteroatoms. The topological polar surface area (TPSA) is 17.1 Å². The summed E-state index contributed by atoms with van der Waals surface area (Å²) in [6.07, 6.45) is 7.61. The first-order valence-electron chi connectivity index (χ1n) is 14.4. The summed E-state index contributed by atoms with van der Waals surface area (Å²) in [5.74, 6) is 0.152. The summed E-state index contributed by atoms with van der Waals surface area (Å²) in [6, 6.07) is 31.8. The molecule has 4 aromatic carbocycles. The molecule has 0 unspecified atom stereocenters. The van der Waals surface area contributed by atoms with Crippen LogP contribution in [0.2, 0.25) is 13.3 Å². The van der Waals surface area contributed by atoms with Crippen molar-refractivity contribution in [1.82, 2.24) is 0 Å². The van der Waals surface area contributed by atoms with Crippen molar-refractivity contribution in [3.63, 3.8) is 0 Å². The van der Waals surface area contributed by atoms with Crippen molar-refractivity contribution < 1.29 is 4.79 Å². The van der Waals surface area contributed by atoms with Gasteiger partial charge in [-0.2, -0.15) is 0 Å². The SMILES string of the molecule is CCC[CH2][Sn]([CH2]CCC)([CH2]CCC)[c]1cc2ccccc2c(C(=O)c2ccccc2)c1-c1ccccc1. The van der Waals surface area contributed by atoms with Crippen molar-refractivity contribution in [3.8, 4) is 11.1 Å². The first-order chi connectivity index (χ1) is 18.1. The number of benzene rings is 4. The van der Waals surface area contributed by atoms with Crippen molar-refractivity contribution in [2.24, 2.45) is 0 Å². The van der Waals surface area contributed by atoms with Gasteiger partial charge < -0.3 is 0 Å². The van der Waals surface area contributed by atoms with Gasteiger partial charge in [0.15, 0.2) is 0 Å². The number of fused-ring (bicyclic) bond motifs is 1. The third-order valence-corrected chi connectivity index (χ3v) is 23.6. The molecule has 4 rings (SSSR count). The number of rotatable bonds is 13. The molecule has 0 bridgehead atoms. The molecule has 0 fully saturated rings. The van der Waals surface area contributed by atoms with Crippen molar-refractivity contribution >= 4 is 38.5 Å². The summed E-state index contributed by atoms with van der Waals surface area (Å²) in [5, 5.41) is 2.31. The van der Waals surface area contributed by atoms with Crippen LogP contribution in [0.15, 0.2) is 91.0 Å². The molecule has 0 saturated heterocycles. The quantitative estimate of drug-likeness (QED) is 0.111. The Morgan fingerprint density at radius 1 is 0.649 bits per heavy atom. The zero-order chi connectivity index (χ0) is 26.1. The van der Waals surface area contributed by atoms with Crippen molar-refractivity contribution in [2.75, 3.05) is 0 Å². The number of carbonyl (C=O) groups excluding carboxylic acids is 1. The second-order valence-corrected chi connectivity index (χ2v) is 23.7. The molecule has 0 aliphatic carbocycles. The van der Waals surface area contributed by atoms with Crippen LogP contribution in [0.1, 0.15) is 75.2 Å². The molecule has 0 atom stereocenters. The molecule has 0 aliphatic heterocycles. The Morgan fingerprint density at radius 3 is 1.73 bits per heavy atom. The molecule has 0 aromatic heterocycles. The zero-order valence-corrected chi connectivity index (χ0v) is 25.8. The number of unbranched alkanes of at least 4 members (excludes halogenated alkanes) is 3. The molecule has 0 radical (unpaired) electrons. The van der Waals surface area contributed by atoms with Gasteiger partial charge in [-0.25, -0.2) is 0 Å². The van der Waals surface area contributed by atoms with Crippen LogP contribution < -0.4 is 3.58 Å². The van der Waals surface area contributed by atoms with Crippen LogP contribution in [-0.4, -0.2) is 24.2 Å². The summed E-state index contributed by atoms with van der Waals surface area (Å²) in [7, 11) is 0. The van der Waals surface area contributed by atoms with Crippen LogP contribution in [0.5, 0.6) is 0 Å². The predicted octanol–water partition coefficient (Wildman–Crippen LogP) is 9.79. The van der Waals surface area contributed by atoms with Crippen molar-refractivity contribution in [2.45, 2.75) is 72.6 Å². The Morgan fingerprint density at radius 2 is 1.16 bits per heavy atom. The third-order valence-electron chi connectivity index (χ3n) is 7.97. The van der Waals surface area contributed by atoms with E-state index in [1.807, 2.05) is 30.3 Å². The maximum atomic E-state index is 14.4. The van der Waals surface area contributed by atoms with E-state index in [1.165, 1.54) is 68.3 Å². The van der Waals surface area contributed by atoms with E-state index in [4.69, 9.17) is 0 Å². The van der Waals surface area contributed by atoms with E-state index in [0.717, 1.165) is 16.5 Å². The fourth-order valence-corrected chi connectivity index (χ4v) is 22.8. The first-order valence-corrected chi connectivity index (χ1v) is 21.8. The Hall–Kier alpha value is -2.39. The molecule has 0 aliphatic rings. The molecule has 4 aromatic rings. The Bertz CT molecular complexity index is 1270. The number of carbonyl (C=O) groups is 1. The van der Waals surface area contributed by atoms with Gasteiger partial charge in [0.2, 0.25) is 0 Å². The molecule has 0 heterocycles. The van der Waals surface area contributed by atoms with Gasteiger partial charge in [-0.1, -0.05) is 0 Å². The minimum atomic E-state index is -2.92. The van der Waals surface area contributed by atoms with Gasteiger partial charge in [0, 0.05) is 0 Å². The van der Waals surface area contributed by atoms with Crippen LogP contribution in [0, 0.1) is 0 Å². The van der Waals surface area contributed by atoms with E-state index in [0.29, 0.717) is 0 Å². The van der Waals surface area contributed by atoms with E-state index in [-0.39, 0.29) is 5.78 Å². The summed E-state index contributed by atoms with van der Waals surface area (Å²) >= 11 is -2.92. The molecule has 0 amide bonds. The molecule has 37 heavy (non-hydrogen) atoms. The van der Waals surface area contributed by atoms with Gasteiger partial charge in [-0.3, -0.25) is 0 Å². The molecular formula is C35H42OSn. The Balaban J connectivity index is 2.12. The van der Waals surface area contributed by atoms with Crippen molar-refractivity contribution in [3.05, 3.63) is 102 Å². The third kappa shape index (κ3) is 6.20. The van der Waals surface area contributed by atoms with Gasteiger partial charge >= 0.3 is 229 Å². The molecular weight excluding hydrogens is 555 g/mol. The fourth-order valence-electron chi connectivity index (χ4n) is 5.96. The summed E-state index contributed by atoms with van der Waals surface area (Å²) in [6.45, 7) is 7.00. The van der Waals surface area contributed by atoms with E-state index in [9.17, 15) is 4.79 Å². The normalized spacial score (nSPS) is 11.6. The summed E-state index contributed by atoms with van der Waals surface area (Å²) < 4.78 is 5.72.